The average molecular weight is 588 g/mol. The first kappa shape index (κ1) is 30.2. The monoisotopic (exact) mass is 587 g/mol. The summed E-state index contributed by atoms with van der Waals surface area (Å²) in [6, 6.07) is 15.7. The lowest BCUT2D eigenvalue weighted by molar-refractivity contribution is -0.00941. The van der Waals surface area contributed by atoms with Gasteiger partial charge in [0.15, 0.2) is 0 Å². The van der Waals surface area contributed by atoms with E-state index in [0.717, 1.165) is 27.8 Å². The molecule has 1 fully saturated rings. The van der Waals surface area contributed by atoms with Crippen LogP contribution >= 0.6 is 0 Å². The van der Waals surface area contributed by atoms with Crippen LogP contribution < -0.4 is 0 Å². The van der Waals surface area contributed by atoms with Crippen molar-refractivity contribution in [2.24, 2.45) is 0 Å². The number of H-pyrrole nitrogens is 1. The van der Waals surface area contributed by atoms with E-state index in [4.69, 9.17) is 9.47 Å². The molecule has 0 unspecified atom stereocenters. The van der Waals surface area contributed by atoms with Crippen LogP contribution in [0.15, 0.2) is 48.5 Å². The summed E-state index contributed by atoms with van der Waals surface area (Å²) >= 11 is 0. The lowest BCUT2D eigenvalue weighted by Gasteiger charge is -2.44. The fraction of sp³-hybridized carbons (Fsp3) is 0.441. The molecule has 2 N–H and O–H groups in total. The number of aromatic carboxylic acids is 1. The number of hydrogen-bond donors (Lipinski definition) is 2. The van der Waals surface area contributed by atoms with Crippen molar-refractivity contribution in [3.05, 3.63) is 82.2 Å². The number of fused-ring (bicyclic) bond motifs is 3. The highest BCUT2D eigenvalue weighted by Crippen LogP contribution is 2.44. The normalized spacial score (nSPS) is 18.1. The molecule has 2 amide bonds. The van der Waals surface area contributed by atoms with Gasteiger partial charge in [-0.15, -0.1) is 0 Å². The van der Waals surface area contributed by atoms with Crippen LogP contribution in [0.2, 0.25) is 0 Å². The molecule has 2 aromatic carbocycles. The van der Waals surface area contributed by atoms with Gasteiger partial charge in [-0.3, -0.25) is 4.90 Å². The predicted octanol–water partition coefficient (Wildman–Crippen LogP) is 6.87. The minimum Gasteiger partial charge on any atom is -0.477 e. The fourth-order valence-corrected chi connectivity index (χ4v) is 6.52. The van der Waals surface area contributed by atoms with E-state index in [9.17, 15) is 19.5 Å². The molecule has 2 atom stereocenters. The largest absolute Gasteiger partial charge is 0.477 e. The lowest BCUT2D eigenvalue weighted by Crippen LogP contribution is -2.57. The van der Waals surface area contributed by atoms with Crippen LogP contribution in [0.4, 0.5) is 9.59 Å². The van der Waals surface area contributed by atoms with Crippen molar-refractivity contribution in [2.45, 2.75) is 84.5 Å². The lowest BCUT2D eigenvalue weighted by atomic mass is 9.95. The fourth-order valence-electron chi connectivity index (χ4n) is 6.52. The van der Waals surface area contributed by atoms with E-state index in [1.807, 2.05) is 58.9 Å². The molecule has 2 heterocycles. The van der Waals surface area contributed by atoms with E-state index >= 15 is 0 Å². The van der Waals surface area contributed by atoms with Gasteiger partial charge in [-0.2, -0.15) is 0 Å². The second-order valence-electron chi connectivity index (χ2n) is 12.6. The van der Waals surface area contributed by atoms with E-state index < -0.39 is 23.8 Å². The Morgan fingerprint density at radius 2 is 1.63 bits per heavy atom. The summed E-state index contributed by atoms with van der Waals surface area (Å²) < 4.78 is 11.8. The number of carbonyl (C=O) groups excluding carboxylic acids is 2. The molecule has 2 aliphatic rings. The van der Waals surface area contributed by atoms with Crippen LogP contribution in [0.1, 0.15) is 84.9 Å². The first-order chi connectivity index (χ1) is 20.4. The number of piperidine rings is 1. The van der Waals surface area contributed by atoms with E-state index in [2.05, 4.69) is 29.2 Å². The number of nitrogens with zero attached hydrogens (tertiary/aromatic N) is 2. The number of carboxylic acids is 1. The van der Waals surface area contributed by atoms with Gasteiger partial charge in [-0.05, 0) is 87.8 Å². The molecule has 228 valence electrons. The van der Waals surface area contributed by atoms with Gasteiger partial charge in [0, 0.05) is 18.2 Å². The zero-order valence-electron chi connectivity index (χ0n) is 25.8. The summed E-state index contributed by atoms with van der Waals surface area (Å²) in [6.45, 7) is 11.8. The minimum atomic E-state index is -1.05. The summed E-state index contributed by atoms with van der Waals surface area (Å²) in [5.41, 5.74) is 5.96. The number of amides is 2. The van der Waals surface area contributed by atoms with Crippen molar-refractivity contribution in [3.63, 3.8) is 0 Å². The number of likely N-dealkylation sites (tertiary alicyclic amines) is 1. The summed E-state index contributed by atoms with van der Waals surface area (Å²) in [5, 5.41) is 9.70. The van der Waals surface area contributed by atoms with Gasteiger partial charge in [0.2, 0.25) is 0 Å². The maximum absolute atomic E-state index is 14.1. The van der Waals surface area contributed by atoms with Gasteiger partial charge < -0.3 is 24.5 Å². The maximum Gasteiger partial charge on any atom is 0.410 e. The number of aryl methyl sites for hydroxylation is 1. The average Bonchev–Trinajstić information content (AvgIpc) is 3.43. The topological polar surface area (TPSA) is 112 Å². The third kappa shape index (κ3) is 5.98. The molecule has 43 heavy (non-hydrogen) atoms. The molecule has 0 bridgehead atoms. The number of rotatable bonds is 6. The number of carboxylic acid groups (broad SMARTS) is 1. The first-order valence-electron chi connectivity index (χ1n) is 14.9. The summed E-state index contributed by atoms with van der Waals surface area (Å²) in [7, 11) is 0. The Kier molecular flexibility index (Phi) is 8.27. The molecule has 1 aliphatic heterocycles. The van der Waals surface area contributed by atoms with Crippen molar-refractivity contribution in [3.8, 4) is 11.1 Å². The Labute approximate surface area is 252 Å². The van der Waals surface area contributed by atoms with Gasteiger partial charge >= 0.3 is 18.2 Å². The number of benzene rings is 2. The highest BCUT2D eigenvalue weighted by atomic mass is 16.6. The summed E-state index contributed by atoms with van der Waals surface area (Å²) in [5.74, 6) is -1.16. The molecule has 5 rings (SSSR count). The Balaban J connectivity index is 1.44. The van der Waals surface area contributed by atoms with Crippen LogP contribution in [0.3, 0.4) is 0 Å². The molecule has 9 nitrogen and oxygen atoms in total. The smallest absolute Gasteiger partial charge is 0.410 e. The molecule has 1 aromatic heterocycles. The third-order valence-electron chi connectivity index (χ3n) is 8.68. The number of hydrogen-bond acceptors (Lipinski definition) is 5. The van der Waals surface area contributed by atoms with Gasteiger partial charge in [-0.25, -0.2) is 14.4 Å². The first-order valence-corrected chi connectivity index (χ1v) is 14.9. The molecular formula is C34H41N3O6. The third-order valence-corrected chi connectivity index (χ3v) is 8.68. The van der Waals surface area contributed by atoms with Crippen LogP contribution in [-0.2, 0) is 16.0 Å². The number of ether oxygens (including phenoxy) is 2. The minimum absolute atomic E-state index is 0.102. The SMILES string of the molecule is Cc1[nH]c(C(=O)O)c(C)c1CN(C(=O)OCC1c2ccccc2-c2ccccc21)[C@@H]1CCCN(C(=O)OC(C)(C)C)[C@@H]1C. The molecule has 1 saturated heterocycles. The Bertz CT molecular complexity index is 1490. The number of aromatic amines is 1. The van der Waals surface area contributed by atoms with E-state index in [0.29, 0.717) is 30.6 Å². The van der Waals surface area contributed by atoms with Gasteiger partial charge in [0.25, 0.3) is 0 Å². The Morgan fingerprint density at radius 1 is 1.02 bits per heavy atom. The van der Waals surface area contributed by atoms with E-state index in [1.54, 1.807) is 16.7 Å². The molecule has 9 heteroatoms. The van der Waals surface area contributed by atoms with Crippen molar-refractivity contribution in [1.82, 2.24) is 14.8 Å². The number of nitrogens with one attached hydrogen (secondary N) is 1. The van der Waals surface area contributed by atoms with Crippen molar-refractivity contribution >= 4 is 18.2 Å². The predicted molar refractivity (Wildman–Crippen MR) is 163 cm³/mol. The number of aromatic nitrogens is 1. The van der Waals surface area contributed by atoms with Crippen LogP contribution in [0.5, 0.6) is 0 Å². The van der Waals surface area contributed by atoms with Crippen molar-refractivity contribution < 1.29 is 29.0 Å². The highest BCUT2D eigenvalue weighted by Gasteiger charge is 2.40. The van der Waals surface area contributed by atoms with Gasteiger partial charge in [0.1, 0.15) is 17.9 Å². The zero-order chi connectivity index (χ0) is 31.1. The zero-order valence-corrected chi connectivity index (χ0v) is 25.8. The molecule has 0 spiro atoms. The maximum atomic E-state index is 14.1. The van der Waals surface area contributed by atoms with Crippen LogP contribution in [0.25, 0.3) is 11.1 Å². The number of carbonyl (C=O) groups is 3. The summed E-state index contributed by atoms with van der Waals surface area (Å²) in [4.78, 5) is 45.4. The quantitative estimate of drug-likeness (QED) is 0.326. The Hall–Kier alpha value is -4.27. The van der Waals surface area contributed by atoms with Gasteiger partial charge in [-0.1, -0.05) is 48.5 Å². The van der Waals surface area contributed by atoms with Crippen LogP contribution in [0, 0.1) is 13.8 Å². The molecule has 0 saturated carbocycles. The molecule has 0 radical (unpaired) electrons. The standard InChI is InChI=1S/C34H41N3O6/c1-20-27(21(2)35-30(20)31(38)39)18-37(29-16-11-17-36(22(29)3)33(41)43-34(4,5)6)32(40)42-19-28-25-14-9-7-12-23(25)24-13-8-10-15-26(24)28/h7-10,12-15,22,28-29,35H,11,16-19H2,1-6H3,(H,38,39)/t22-,29-/m1/s1. The van der Waals surface area contributed by atoms with Crippen molar-refractivity contribution in [2.75, 3.05) is 13.2 Å². The molecule has 3 aromatic rings. The van der Waals surface area contributed by atoms with E-state index in [1.165, 1.54) is 0 Å². The van der Waals surface area contributed by atoms with Crippen molar-refractivity contribution in [1.29, 1.82) is 0 Å². The molecular weight excluding hydrogens is 546 g/mol. The highest BCUT2D eigenvalue weighted by molar-refractivity contribution is 5.88. The Morgan fingerprint density at radius 3 is 2.19 bits per heavy atom. The second kappa shape index (κ2) is 11.8. The van der Waals surface area contributed by atoms with Crippen LogP contribution in [-0.4, -0.2) is 68.9 Å². The second-order valence-corrected chi connectivity index (χ2v) is 12.6. The van der Waals surface area contributed by atoms with E-state index in [-0.39, 0.29) is 36.8 Å². The van der Waals surface area contributed by atoms with Gasteiger partial charge in [0.05, 0.1) is 18.6 Å². The molecule has 1 aliphatic carbocycles. The summed E-state index contributed by atoms with van der Waals surface area (Å²) in [6.07, 6.45) is 0.437.